The number of carbonyl (C=O) groups excluding carboxylic acids is 3. The van der Waals surface area contributed by atoms with Gasteiger partial charge in [-0.05, 0) is 63.1 Å². The van der Waals surface area contributed by atoms with E-state index in [4.69, 9.17) is 4.74 Å². The molecule has 12 nitrogen and oxygen atoms in total. The summed E-state index contributed by atoms with van der Waals surface area (Å²) in [5.41, 5.74) is 3.25. The molecule has 0 unspecified atom stereocenters. The van der Waals surface area contributed by atoms with Crippen LogP contribution in [-0.4, -0.2) is 72.1 Å². The van der Waals surface area contributed by atoms with E-state index in [2.05, 4.69) is 20.6 Å². The van der Waals surface area contributed by atoms with Crippen LogP contribution in [0.3, 0.4) is 0 Å². The van der Waals surface area contributed by atoms with Crippen molar-refractivity contribution in [1.82, 2.24) is 19.3 Å². The van der Waals surface area contributed by atoms with E-state index in [0.29, 0.717) is 22.3 Å². The summed E-state index contributed by atoms with van der Waals surface area (Å²) in [4.78, 5) is 47.9. The molecule has 44 heavy (non-hydrogen) atoms. The molecule has 0 radical (unpaired) electrons. The van der Waals surface area contributed by atoms with Crippen molar-refractivity contribution in [3.63, 3.8) is 0 Å². The molecular weight excluding hydrogens is 605 g/mol. The normalized spacial score (nSPS) is 11.6. The molecule has 0 saturated carbocycles. The quantitative estimate of drug-likeness (QED) is 0.246. The number of amides is 2. The molecule has 0 atom stereocenters. The number of aryl methyl sites for hydroxylation is 1. The van der Waals surface area contributed by atoms with Gasteiger partial charge < -0.3 is 20.3 Å². The number of hydrogen-bond acceptors (Lipinski definition) is 10. The lowest BCUT2D eigenvalue weighted by molar-refractivity contribution is -0.152. The van der Waals surface area contributed by atoms with Crippen molar-refractivity contribution in [2.75, 3.05) is 36.6 Å². The highest BCUT2D eigenvalue weighted by atomic mass is 32.2. The number of ether oxygens (including phenoxy) is 1. The van der Waals surface area contributed by atoms with Crippen LogP contribution >= 0.6 is 11.3 Å². The maximum atomic E-state index is 12.5. The predicted molar refractivity (Wildman–Crippen MR) is 170 cm³/mol. The fourth-order valence-corrected chi connectivity index (χ4v) is 5.86. The highest BCUT2D eigenvalue weighted by Gasteiger charge is 2.19. The van der Waals surface area contributed by atoms with Crippen molar-refractivity contribution in [3.8, 4) is 22.4 Å². The first-order valence-electron chi connectivity index (χ1n) is 13.5. The summed E-state index contributed by atoms with van der Waals surface area (Å²) in [6.07, 6.45) is 3.94. The number of hydrogen-bond donors (Lipinski definition) is 2. The van der Waals surface area contributed by atoms with E-state index < -0.39 is 27.4 Å². The molecule has 0 aliphatic heterocycles. The van der Waals surface area contributed by atoms with Crippen molar-refractivity contribution in [1.29, 1.82) is 0 Å². The number of benzene rings is 1. The van der Waals surface area contributed by atoms with Crippen molar-refractivity contribution < 1.29 is 27.5 Å². The van der Waals surface area contributed by atoms with Crippen LogP contribution in [0, 0.1) is 6.92 Å². The van der Waals surface area contributed by atoms with E-state index in [9.17, 15) is 22.8 Å². The highest BCUT2D eigenvalue weighted by molar-refractivity contribution is 7.89. The van der Waals surface area contributed by atoms with Gasteiger partial charge in [0.05, 0.1) is 24.1 Å². The molecule has 4 rings (SSSR count). The third-order valence-electron chi connectivity index (χ3n) is 6.16. The minimum Gasteiger partial charge on any atom is -0.459 e. The van der Waals surface area contributed by atoms with Crippen molar-refractivity contribution in [3.05, 3.63) is 71.5 Å². The first-order chi connectivity index (χ1) is 20.6. The van der Waals surface area contributed by atoms with Gasteiger partial charge in [0, 0.05) is 36.1 Å². The summed E-state index contributed by atoms with van der Waals surface area (Å²) in [5.74, 6) is -0.778. The fourth-order valence-electron chi connectivity index (χ4n) is 4.24. The van der Waals surface area contributed by atoms with Gasteiger partial charge in [-0.1, -0.05) is 18.2 Å². The number of pyridine rings is 1. The summed E-state index contributed by atoms with van der Waals surface area (Å²) in [6, 6.07) is 12.9. The van der Waals surface area contributed by atoms with Gasteiger partial charge in [0.2, 0.25) is 15.9 Å². The van der Waals surface area contributed by atoms with E-state index in [1.54, 1.807) is 25.1 Å². The molecule has 1 aromatic carbocycles. The number of esters is 1. The topological polar surface area (TPSA) is 153 Å². The molecule has 3 heterocycles. The maximum Gasteiger partial charge on any atom is 0.326 e. The largest absolute Gasteiger partial charge is 0.459 e. The molecule has 2 amide bonds. The first-order valence-corrected chi connectivity index (χ1v) is 16.2. The van der Waals surface area contributed by atoms with Gasteiger partial charge in [0.15, 0.2) is 5.13 Å². The van der Waals surface area contributed by atoms with Crippen molar-refractivity contribution in [2.24, 2.45) is 0 Å². The second-order valence-electron chi connectivity index (χ2n) is 11.1. The summed E-state index contributed by atoms with van der Waals surface area (Å²) in [6.45, 7) is 6.78. The molecule has 3 aromatic heterocycles. The van der Waals surface area contributed by atoms with E-state index in [1.807, 2.05) is 62.5 Å². The van der Waals surface area contributed by atoms with Crippen LogP contribution in [0.4, 0.5) is 10.9 Å². The van der Waals surface area contributed by atoms with E-state index >= 15 is 0 Å². The van der Waals surface area contributed by atoms with Crippen LogP contribution in [0.15, 0.2) is 60.2 Å². The van der Waals surface area contributed by atoms with Gasteiger partial charge in [-0.3, -0.25) is 14.4 Å². The van der Waals surface area contributed by atoms with Gasteiger partial charge in [0.25, 0.3) is 5.91 Å². The Labute approximate surface area is 260 Å². The highest BCUT2D eigenvalue weighted by Crippen LogP contribution is 2.30. The predicted octanol–water partition coefficient (Wildman–Crippen LogP) is 3.94. The average molecular weight is 639 g/mol. The maximum absolute atomic E-state index is 12.5. The number of anilines is 2. The molecule has 0 fully saturated rings. The van der Waals surface area contributed by atoms with E-state index in [0.717, 1.165) is 26.9 Å². The number of carbonyl (C=O) groups is 3. The number of likely N-dealkylation sites (N-methyl/N-ethyl adjacent to an activating group) is 1. The third-order valence-corrected chi connectivity index (χ3v) is 8.03. The van der Waals surface area contributed by atoms with E-state index in [1.165, 1.54) is 23.6 Å². The summed E-state index contributed by atoms with van der Waals surface area (Å²) in [7, 11) is -1.76. The zero-order valence-electron chi connectivity index (χ0n) is 25.2. The zero-order chi connectivity index (χ0) is 32.2. The summed E-state index contributed by atoms with van der Waals surface area (Å²) in [5, 5.41) is 7.34. The third kappa shape index (κ3) is 8.51. The summed E-state index contributed by atoms with van der Waals surface area (Å²) >= 11 is 1.24. The molecule has 14 heteroatoms. The first kappa shape index (κ1) is 32.4. The van der Waals surface area contributed by atoms with Gasteiger partial charge in [-0.25, -0.2) is 22.4 Å². The smallest absolute Gasteiger partial charge is 0.326 e. The Morgan fingerprint density at radius 2 is 1.77 bits per heavy atom. The Kier molecular flexibility index (Phi) is 9.54. The Morgan fingerprint density at radius 3 is 2.45 bits per heavy atom. The average Bonchev–Trinajstić information content (AvgIpc) is 3.57. The van der Waals surface area contributed by atoms with Gasteiger partial charge >= 0.3 is 5.97 Å². The van der Waals surface area contributed by atoms with Crippen LogP contribution in [0.2, 0.25) is 0 Å². The second-order valence-corrected chi connectivity index (χ2v) is 13.8. The lowest BCUT2D eigenvalue weighted by atomic mass is 10.0. The van der Waals surface area contributed by atoms with Crippen LogP contribution in [0.25, 0.3) is 22.4 Å². The van der Waals surface area contributed by atoms with E-state index in [-0.39, 0.29) is 24.6 Å². The standard InChI is InChI=1S/C30H34N6O6S2/c1-19-12-23(16-36(19)44(6,40)41)28(39)32-15-26(37)34-29-33-24(18-43-29)22-9-7-8-20(13-22)21-10-11-31-25(14-21)35(5)17-27(38)42-30(2,3)4/h7-14,16,18H,15,17H2,1-6H3,(H,32,39)(H,33,34,37). The lowest BCUT2D eigenvalue weighted by Gasteiger charge is -2.23. The summed E-state index contributed by atoms with van der Waals surface area (Å²) < 4.78 is 30.0. The second kappa shape index (κ2) is 13.0. The Balaban J connectivity index is 1.38. The number of nitrogens with zero attached hydrogens (tertiary/aromatic N) is 4. The molecule has 0 spiro atoms. The molecule has 232 valence electrons. The van der Waals surface area contributed by atoms with Crippen LogP contribution in [0.5, 0.6) is 0 Å². The van der Waals surface area contributed by atoms with Gasteiger partial charge in [-0.2, -0.15) is 0 Å². The monoisotopic (exact) mass is 638 g/mol. The van der Waals surface area contributed by atoms with Crippen molar-refractivity contribution in [2.45, 2.75) is 33.3 Å². The van der Waals surface area contributed by atoms with Crippen LogP contribution in [-0.2, 0) is 24.3 Å². The number of aromatic nitrogens is 3. The number of rotatable bonds is 10. The minimum absolute atomic E-state index is 0.0567. The molecule has 0 saturated heterocycles. The Bertz CT molecular complexity index is 1810. The number of nitrogens with one attached hydrogen (secondary N) is 2. The molecular formula is C30H34N6O6S2. The van der Waals surface area contributed by atoms with Gasteiger partial charge in [0.1, 0.15) is 18.0 Å². The Hall–Kier alpha value is -4.56. The zero-order valence-corrected chi connectivity index (χ0v) is 26.9. The van der Waals surface area contributed by atoms with Crippen LogP contribution < -0.4 is 15.5 Å². The number of thiazole rings is 1. The molecule has 4 aromatic rings. The fraction of sp³-hybridized carbons (Fsp3) is 0.300. The Morgan fingerprint density at radius 1 is 1.07 bits per heavy atom. The molecule has 0 aliphatic rings. The molecule has 2 N–H and O–H groups in total. The minimum atomic E-state index is -3.54. The van der Waals surface area contributed by atoms with Crippen LogP contribution in [0.1, 0.15) is 36.8 Å². The molecule has 0 aliphatic carbocycles. The molecule has 0 bridgehead atoms. The van der Waals surface area contributed by atoms with Crippen molar-refractivity contribution >= 4 is 50.1 Å². The lowest BCUT2D eigenvalue weighted by Crippen LogP contribution is -2.33. The van der Waals surface area contributed by atoms with Gasteiger partial charge in [-0.15, -0.1) is 11.3 Å². The SMILES string of the molecule is Cc1cc(C(=O)NCC(=O)Nc2nc(-c3cccc(-c4ccnc(N(C)CC(=O)OC(C)(C)C)c4)c3)cs2)cn1S(C)(=O)=O.